The second kappa shape index (κ2) is 8.35. The van der Waals surface area contributed by atoms with Crippen LogP contribution in [0, 0.1) is 0 Å². The lowest BCUT2D eigenvalue weighted by Gasteiger charge is -2.32. The molecule has 8 heteroatoms. The van der Waals surface area contributed by atoms with E-state index in [0.29, 0.717) is 11.6 Å². The lowest BCUT2D eigenvalue weighted by atomic mass is 9.87. The Morgan fingerprint density at radius 1 is 1.16 bits per heavy atom. The molecule has 32 heavy (non-hydrogen) atoms. The van der Waals surface area contributed by atoms with Gasteiger partial charge >= 0.3 is 6.03 Å². The summed E-state index contributed by atoms with van der Waals surface area (Å²) in [5.41, 5.74) is 2.28. The largest absolute Gasteiger partial charge is 0.322 e. The van der Waals surface area contributed by atoms with Crippen LogP contribution in [0.4, 0.5) is 10.5 Å². The zero-order chi connectivity index (χ0) is 22.1. The molecular formula is C24H28N6O2. The molecule has 1 aromatic heterocycles. The van der Waals surface area contributed by atoms with Crippen molar-refractivity contribution in [3.05, 3.63) is 59.4 Å². The van der Waals surface area contributed by atoms with E-state index in [0.717, 1.165) is 43.1 Å². The van der Waals surface area contributed by atoms with Gasteiger partial charge in [-0.2, -0.15) is 5.10 Å². The summed E-state index contributed by atoms with van der Waals surface area (Å²) >= 11 is 0. The number of aliphatic imine (C=N–C) groups is 1. The number of aromatic amines is 1. The first kappa shape index (κ1) is 20.6. The van der Waals surface area contributed by atoms with E-state index in [1.807, 2.05) is 41.3 Å². The number of hydrogen-bond donors (Lipinski definition) is 2. The molecule has 1 aliphatic carbocycles. The van der Waals surface area contributed by atoms with Crippen LogP contribution in [0.25, 0.3) is 0 Å². The fourth-order valence-electron chi connectivity index (χ4n) is 4.22. The summed E-state index contributed by atoms with van der Waals surface area (Å²) in [4.78, 5) is 34.3. The predicted octanol–water partition coefficient (Wildman–Crippen LogP) is 2.71. The van der Waals surface area contributed by atoms with Crippen LogP contribution in [0.1, 0.15) is 35.7 Å². The van der Waals surface area contributed by atoms with Gasteiger partial charge in [0.2, 0.25) is 0 Å². The van der Waals surface area contributed by atoms with Crippen molar-refractivity contribution >= 4 is 23.7 Å². The minimum Gasteiger partial charge on any atom is -0.322 e. The van der Waals surface area contributed by atoms with Crippen LogP contribution in [0.5, 0.6) is 0 Å². The van der Waals surface area contributed by atoms with E-state index < -0.39 is 5.54 Å². The molecular weight excluding hydrogens is 404 g/mol. The first-order chi connectivity index (χ1) is 15.5. The number of nitrogens with zero attached hydrogens (tertiary/aromatic N) is 4. The number of nitrogens with one attached hydrogen (secondary N) is 2. The zero-order valence-corrected chi connectivity index (χ0v) is 18.3. The molecule has 3 aliphatic rings. The van der Waals surface area contributed by atoms with Gasteiger partial charge in [0, 0.05) is 56.1 Å². The van der Waals surface area contributed by atoms with E-state index in [1.54, 1.807) is 12.3 Å². The van der Waals surface area contributed by atoms with Crippen LogP contribution in [-0.2, 0) is 16.8 Å². The van der Waals surface area contributed by atoms with Crippen LogP contribution in [0.2, 0.25) is 0 Å². The molecule has 1 saturated heterocycles. The second-order valence-electron chi connectivity index (χ2n) is 8.90. The van der Waals surface area contributed by atoms with Crippen molar-refractivity contribution < 1.29 is 9.59 Å². The number of carbonyl (C=O) groups excluding carboxylic acids is 2. The molecule has 8 nitrogen and oxygen atoms in total. The molecule has 1 atom stereocenters. The summed E-state index contributed by atoms with van der Waals surface area (Å²) in [5, 5.41) is 10.5. The SMILES string of the molecule is CN1CCN(C(=O)Nc2ccc(CC(=O)C3(c4cc(C5CC5)[nH]n4)C=CC=N3)cc2)CC1. The van der Waals surface area contributed by atoms with Gasteiger partial charge in [0.15, 0.2) is 11.3 Å². The minimum atomic E-state index is -1.06. The van der Waals surface area contributed by atoms with E-state index in [4.69, 9.17) is 0 Å². The normalized spacial score (nSPS) is 23.0. The number of H-pyrrole nitrogens is 1. The van der Waals surface area contributed by atoms with Gasteiger partial charge in [0.05, 0.1) is 0 Å². The Morgan fingerprint density at radius 2 is 1.91 bits per heavy atom. The molecule has 0 spiro atoms. The molecule has 0 radical (unpaired) electrons. The average Bonchev–Trinajstić information content (AvgIpc) is 3.31. The average molecular weight is 433 g/mol. The highest BCUT2D eigenvalue weighted by atomic mass is 16.2. The van der Waals surface area contributed by atoms with Crippen molar-refractivity contribution in [1.29, 1.82) is 0 Å². The standard InChI is InChI=1S/C24H28N6O2/c1-29-11-13-30(14-12-29)23(32)26-19-7-3-17(4-8-19)15-22(31)24(9-2-10-25-24)21-16-20(27-28-21)18-5-6-18/h2-4,7-10,16,18H,5-6,11-15H2,1H3,(H,26,32)(H,27,28). The maximum atomic E-state index is 13.3. The van der Waals surface area contributed by atoms with Crippen LogP contribution in [0.3, 0.4) is 0 Å². The third kappa shape index (κ3) is 4.10. The highest BCUT2D eigenvalue weighted by Crippen LogP contribution is 2.41. The van der Waals surface area contributed by atoms with E-state index in [9.17, 15) is 9.59 Å². The molecule has 0 bridgehead atoms. The fourth-order valence-corrected chi connectivity index (χ4v) is 4.22. The maximum Gasteiger partial charge on any atom is 0.321 e. The van der Waals surface area contributed by atoms with Crippen LogP contribution < -0.4 is 5.32 Å². The number of aromatic nitrogens is 2. The Morgan fingerprint density at radius 3 is 2.56 bits per heavy atom. The van der Waals surface area contributed by atoms with Gasteiger partial charge in [0.25, 0.3) is 0 Å². The van der Waals surface area contributed by atoms with E-state index >= 15 is 0 Å². The van der Waals surface area contributed by atoms with Crippen molar-refractivity contribution in [2.24, 2.45) is 4.99 Å². The van der Waals surface area contributed by atoms with Crippen LogP contribution >= 0.6 is 0 Å². The number of benzene rings is 1. The molecule has 3 heterocycles. The van der Waals surface area contributed by atoms with Crippen LogP contribution in [0.15, 0.2) is 47.5 Å². The summed E-state index contributed by atoms with van der Waals surface area (Å²) in [7, 11) is 2.06. The number of anilines is 1. The molecule has 5 rings (SSSR count). The molecule has 2 N–H and O–H groups in total. The lowest BCUT2D eigenvalue weighted by Crippen LogP contribution is -2.48. The summed E-state index contributed by atoms with van der Waals surface area (Å²) in [5.74, 6) is 0.511. The van der Waals surface area contributed by atoms with Crippen molar-refractivity contribution in [2.45, 2.75) is 30.7 Å². The van der Waals surface area contributed by atoms with Gasteiger partial charge < -0.3 is 15.1 Å². The number of urea groups is 1. The molecule has 2 fully saturated rings. The highest BCUT2D eigenvalue weighted by molar-refractivity contribution is 5.97. The summed E-state index contributed by atoms with van der Waals surface area (Å²) in [6.07, 6.45) is 7.87. The minimum absolute atomic E-state index is 0.0226. The number of Topliss-reactive ketones (excluding diaryl/α,β-unsaturated/α-hetero) is 1. The molecule has 1 saturated carbocycles. The summed E-state index contributed by atoms with van der Waals surface area (Å²) in [6.45, 7) is 3.21. The maximum absolute atomic E-state index is 13.3. The zero-order valence-electron chi connectivity index (χ0n) is 18.3. The molecule has 2 aliphatic heterocycles. The highest BCUT2D eigenvalue weighted by Gasteiger charge is 2.41. The lowest BCUT2D eigenvalue weighted by molar-refractivity contribution is -0.122. The predicted molar refractivity (Wildman–Crippen MR) is 123 cm³/mol. The summed E-state index contributed by atoms with van der Waals surface area (Å²) in [6, 6.07) is 9.35. The van der Waals surface area contributed by atoms with Crippen molar-refractivity contribution in [3.63, 3.8) is 0 Å². The Balaban J connectivity index is 1.24. The van der Waals surface area contributed by atoms with Gasteiger partial charge in [-0.3, -0.25) is 14.9 Å². The van der Waals surface area contributed by atoms with E-state index in [1.165, 1.54) is 12.8 Å². The van der Waals surface area contributed by atoms with Crippen molar-refractivity contribution in [1.82, 2.24) is 20.0 Å². The molecule has 2 aromatic rings. The van der Waals surface area contributed by atoms with Gasteiger partial charge in [-0.15, -0.1) is 0 Å². The topological polar surface area (TPSA) is 93.7 Å². The number of likely N-dealkylation sites (N-methyl/N-ethyl adjacent to an activating group) is 1. The Kier molecular flexibility index (Phi) is 5.38. The number of piperazine rings is 1. The van der Waals surface area contributed by atoms with E-state index in [2.05, 4.69) is 32.5 Å². The molecule has 2 amide bonds. The van der Waals surface area contributed by atoms with Crippen molar-refractivity contribution in [3.8, 4) is 0 Å². The third-order valence-corrected chi connectivity index (χ3v) is 6.49. The first-order valence-electron chi connectivity index (χ1n) is 11.2. The third-order valence-electron chi connectivity index (χ3n) is 6.49. The van der Waals surface area contributed by atoms with Gasteiger partial charge in [-0.1, -0.05) is 12.1 Å². The number of carbonyl (C=O) groups is 2. The monoisotopic (exact) mass is 432 g/mol. The smallest absolute Gasteiger partial charge is 0.321 e. The fraction of sp³-hybridized carbons (Fsp3) is 0.417. The first-order valence-corrected chi connectivity index (χ1v) is 11.2. The van der Waals surface area contributed by atoms with Crippen molar-refractivity contribution in [2.75, 3.05) is 38.5 Å². The number of hydrogen-bond acceptors (Lipinski definition) is 5. The summed E-state index contributed by atoms with van der Waals surface area (Å²) < 4.78 is 0. The second-order valence-corrected chi connectivity index (χ2v) is 8.90. The number of ketones is 1. The number of allylic oxidation sites excluding steroid dienone is 1. The molecule has 1 aromatic carbocycles. The Bertz CT molecular complexity index is 1050. The van der Waals surface area contributed by atoms with Gasteiger partial charge in [-0.25, -0.2) is 4.79 Å². The van der Waals surface area contributed by atoms with Gasteiger partial charge in [0.1, 0.15) is 5.69 Å². The number of amides is 2. The quantitative estimate of drug-likeness (QED) is 0.734. The molecule has 166 valence electrons. The van der Waals surface area contributed by atoms with E-state index in [-0.39, 0.29) is 18.2 Å². The number of rotatable bonds is 6. The Hall–Kier alpha value is -3.26. The Labute approximate surface area is 187 Å². The molecule has 1 unspecified atom stereocenters. The van der Waals surface area contributed by atoms with Crippen LogP contribution in [-0.4, -0.2) is 71.3 Å². The van der Waals surface area contributed by atoms with Gasteiger partial charge in [-0.05, 0) is 55.8 Å².